The van der Waals surface area contributed by atoms with Gasteiger partial charge in [-0.15, -0.1) is 11.3 Å². The Balaban J connectivity index is 1.40. The lowest BCUT2D eigenvalue weighted by Crippen LogP contribution is -2.24. The second-order valence-corrected chi connectivity index (χ2v) is 8.94. The quantitative estimate of drug-likeness (QED) is 0.485. The average molecular weight is 420 g/mol. The summed E-state index contributed by atoms with van der Waals surface area (Å²) in [5, 5.41) is 4.76. The van der Waals surface area contributed by atoms with Crippen LogP contribution >= 0.6 is 34.7 Å². The molecule has 0 atom stereocenters. The lowest BCUT2D eigenvalue weighted by Gasteiger charge is -2.09. The van der Waals surface area contributed by atoms with Crippen LogP contribution in [-0.4, -0.2) is 21.6 Å². The molecule has 0 aliphatic heterocycles. The molecule has 8 heteroatoms. The Bertz CT molecular complexity index is 1040. The SMILES string of the molecule is O=C(CSc1nc2sc3c(c2c(=O)[nH]1)CCCC3)NCc1ccc(Cl)cc1. The monoisotopic (exact) mass is 419 g/mol. The number of thioether (sulfide) groups is 1. The first-order chi connectivity index (χ1) is 13.1. The third kappa shape index (κ3) is 4.20. The predicted molar refractivity (Wildman–Crippen MR) is 111 cm³/mol. The number of carbonyl (C=O) groups excluding carboxylic acids is 1. The zero-order valence-corrected chi connectivity index (χ0v) is 16.9. The summed E-state index contributed by atoms with van der Waals surface area (Å²) in [5.41, 5.74) is 2.06. The zero-order chi connectivity index (χ0) is 18.8. The maximum Gasteiger partial charge on any atom is 0.260 e. The van der Waals surface area contributed by atoms with Crippen molar-refractivity contribution in [2.45, 2.75) is 37.4 Å². The van der Waals surface area contributed by atoms with Crippen LogP contribution in [0.1, 0.15) is 28.8 Å². The molecule has 140 valence electrons. The number of hydrogen-bond acceptors (Lipinski definition) is 5. The number of carbonyl (C=O) groups is 1. The highest BCUT2D eigenvalue weighted by Crippen LogP contribution is 2.34. The summed E-state index contributed by atoms with van der Waals surface area (Å²) in [6, 6.07) is 7.34. The summed E-state index contributed by atoms with van der Waals surface area (Å²) in [5.74, 6) is 0.0933. The van der Waals surface area contributed by atoms with E-state index in [0.29, 0.717) is 16.7 Å². The van der Waals surface area contributed by atoms with Gasteiger partial charge in [-0.2, -0.15) is 0 Å². The Kier molecular flexibility index (Phi) is 5.52. The fourth-order valence-corrected chi connectivity index (χ4v) is 5.34. The van der Waals surface area contributed by atoms with Crippen LogP contribution in [0.3, 0.4) is 0 Å². The lowest BCUT2D eigenvalue weighted by molar-refractivity contribution is -0.118. The second kappa shape index (κ2) is 8.04. The minimum absolute atomic E-state index is 0.0940. The molecule has 5 nitrogen and oxygen atoms in total. The third-order valence-electron chi connectivity index (χ3n) is 4.55. The molecule has 1 aliphatic carbocycles. The Morgan fingerprint density at radius 1 is 1.26 bits per heavy atom. The number of nitrogens with one attached hydrogen (secondary N) is 2. The van der Waals surface area contributed by atoms with E-state index in [9.17, 15) is 9.59 Å². The van der Waals surface area contributed by atoms with Gasteiger partial charge >= 0.3 is 0 Å². The summed E-state index contributed by atoms with van der Waals surface area (Å²) in [4.78, 5) is 34.1. The van der Waals surface area contributed by atoms with Crippen LogP contribution < -0.4 is 10.9 Å². The summed E-state index contributed by atoms with van der Waals surface area (Å²) in [7, 11) is 0. The van der Waals surface area contributed by atoms with Gasteiger partial charge in [0.15, 0.2) is 5.16 Å². The Morgan fingerprint density at radius 3 is 2.85 bits per heavy atom. The number of amides is 1. The van der Waals surface area contributed by atoms with Crippen LogP contribution in [0.5, 0.6) is 0 Å². The number of benzene rings is 1. The lowest BCUT2D eigenvalue weighted by atomic mass is 9.97. The van der Waals surface area contributed by atoms with Crippen molar-refractivity contribution in [3.8, 4) is 0 Å². The van der Waals surface area contributed by atoms with Crippen molar-refractivity contribution in [1.29, 1.82) is 0 Å². The summed E-state index contributed by atoms with van der Waals surface area (Å²) in [6.45, 7) is 0.442. The number of H-pyrrole nitrogens is 1. The maximum absolute atomic E-state index is 12.5. The van der Waals surface area contributed by atoms with Crippen molar-refractivity contribution in [1.82, 2.24) is 15.3 Å². The Morgan fingerprint density at radius 2 is 2.04 bits per heavy atom. The standard InChI is InChI=1S/C19H18ClN3O2S2/c20-12-7-5-11(6-8-12)9-21-15(24)10-26-19-22-17(25)16-13-3-1-2-4-14(13)27-18(16)23-19/h5-8H,1-4,9-10H2,(H,21,24)(H,22,23,25). The second-order valence-electron chi connectivity index (χ2n) is 6.45. The molecule has 0 fully saturated rings. The highest BCUT2D eigenvalue weighted by atomic mass is 35.5. The molecule has 3 aromatic rings. The molecule has 4 rings (SSSR count). The number of halogens is 1. The molecule has 1 aliphatic rings. The van der Waals surface area contributed by atoms with Gasteiger partial charge in [0.05, 0.1) is 11.1 Å². The van der Waals surface area contributed by atoms with E-state index in [1.165, 1.54) is 28.6 Å². The van der Waals surface area contributed by atoms with Gasteiger partial charge in [-0.3, -0.25) is 9.59 Å². The van der Waals surface area contributed by atoms with Gasteiger partial charge < -0.3 is 10.3 Å². The van der Waals surface area contributed by atoms with E-state index in [2.05, 4.69) is 15.3 Å². The molecule has 27 heavy (non-hydrogen) atoms. The molecule has 2 heterocycles. The van der Waals surface area contributed by atoms with Crippen LogP contribution in [0.2, 0.25) is 5.02 Å². The molecule has 0 bridgehead atoms. The van der Waals surface area contributed by atoms with Crippen molar-refractivity contribution in [2.75, 3.05) is 5.75 Å². The molecule has 2 N–H and O–H groups in total. The number of rotatable bonds is 5. The first kappa shape index (κ1) is 18.5. The minimum Gasteiger partial charge on any atom is -0.351 e. The van der Waals surface area contributed by atoms with E-state index in [0.717, 1.165) is 35.0 Å². The summed E-state index contributed by atoms with van der Waals surface area (Å²) >= 11 is 8.72. The van der Waals surface area contributed by atoms with Gasteiger partial charge in [0.25, 0.3) is 5.56 Å². The number of aromatic nitrogens is 2. The van der Waals surface area contributed by atoms with Crippen molar-refractivity contribution in [3.63, 3.8) is 0 Å². The van der Waals surface area contributed by atoms with Crippen molar-refractivity contribution in [2.24, 2.45) is 0 Å². The molecule has 0 radical (unpaired) electrons. The molecule has 2 aromatic heterocycles. The Hall–Kier alpha value is -1.83. The minimum atomic E-state index is -0.108. The van der Waals surface area contributed by atoms with E-state index >= 15 is 0 Å². The van der Waals surface area contributed by atoms with Crippen molar-refractivity contribution >= 4 is 50.8 Å². The molecule has 0 spiro atoms. The third-order valence-corrected chi connectivity index (χ3v) is 6.86. The van der Waals surface area contributed by atoms with Crippen molar-refractivity contribution in [3.05, 3.63) is 55.6 Å². The molecular formula is C19H18ClN3O2S2. The van der Waals surface area contributed by atoms with Gasteiger partial charge in [-0.1, -0.05) is 35.5 Å². The number of aromatic amines is 1. The van der Waals surface area contributed by atoms with Crippen LogP contribution in [0, 0.1) is 0 Å². The average Bonchev–Trinajstić information content (AvgIpc) is 3.05. The molecular weight excluding hydrogens is 402 g/mol. The van der Waals surface area contributed by atoms with Crippen LogP contribution in [0.15, 0.2) is 34.2 Å². The maximum atomic E-state index is 12.5. The first-order valence-electron chi connectivity index (χ1n) is 8.78. The molecule has 0 saturated heterocycles. The van der Waals surface area contributed by atoms with E-state index in [1.54, 1.807) is 23.5 Å². The van der Waals surface area contributed by atoms with Crippen molar-refractivity contribution < 1.29 is 4.79 Å². The topological polar surface area (TPSA) is 74.8 Å². The Labute approximate surface area is 169 Å². The zero-order valence-electron chi connectivity index (χ0n) is 14.5. The van der Waals surface area contributed by atoms with Crippen LogP contribution in [0.25, 0.3) is 10.2 Å². The van der Waals surface area contributed by atoms with E-state index < -0.39 is 0 Å². The molecule has 1 aromatic carbocycles. The predicted octanol–water partition coefficient (Wildman–Crippen LogP) is 3.93. The van der Waals surface area contributed by atoms with E-state index in [-0.39, 0.29) is 17.2 Å². The van der Waals surface area contributed by atoms with Crippen LogP contribution in [0.4, 0.5) is 0 Å². The highest BCUT2D eigenvalue weighted by Gasteiger charge is 2.20. The van der Waals surface area contributed by atoms with Gasteiger partial charge in [0, 0.05) is 16.4 Å². The fourth-order valence-electron chi connectivity index (χ4n) is 3.20. The number of fused-ring (bicyclic) bond motifs is 3. The number of nitrogens with zero attached hydrogens (tertiary/aromatic N) is 1. The molecule has 0 saturated carbocycles. The largest absolute Gasteiger partial charge is 0.351 e. The van der Waals surface area contributed by atoms with Crippen LogP contribution in [-0.2, 0) is 24.2 Å². The number of hydrogen-bond donors (Lipinski definition) is 2. The fraction of sp³-hybridized carbons (Fsp3) is 0.316. The normalized spacial score (nSPS) is 13.5. The van der Waals surface area contributed by atoms with Gasteiger partial charge in [-0.25, -0.2) is 4.98 Å². The smallest absolute Gasteiger partial charge is 0.260 e. The number of thiophene rings is 1. The van der Waals surface area contributed by atoms with E-state index in [4.69, 9.17) is 11.6 Å². The molecule has 0 unspecified atom stereocenters. The van der Waals surface area contributed by atoms with E-state index in [1.807, 2.05) is 12.1 Å². The highest BCUT2D eigenvalue weighted by molar-refractivity contribution is 7.99. The summed E-state index contributed by atoms with van der Waals surface area (Å²) in [6.07, 6.45) is 4.29. The number of aryl methyl sites for hydroxylation is 2. The first-order valence-corrected chi connectivity index (χ1v) is 11.0. The van der Waals surface area contributed by atoms with Gasteiger partial charge in [-0.05, 0) is 48.9 Å². The van der Waals surface area contributed by atoms with Gasteiger partial charge in [0.2, 0.25) is 5.91 Å². The summed E-state index contributed by atoms with van der Waals surface area (Å²) < 4.78 is 0. The van der Waals surface area contributed by atoms with Gasteiger partial charge in [0.1, 0.15) is 4.83 Å². The molecule has 1 amide bonds.